The molecule has 1 amide bonds. The Kier molecular flexibility index (Phi) is 9.69. The van der Waals surface area contributed by atoms with Gasteiger partial charge in [-0.1, -0.05) is 46.8 Å². The number of anilines is 3. The molecule has 1 aliphatic rings. The molecular formula is C39H39N11O3S. The summed E-state index contributed by atoms with van der Waals surface area (Å²) < 4.78 is 12.7. The molecule has 0 bridgehead atoms. The number of fused-ring (bicyclic) bond motifs is 1. The molecule has 2 aromatic carbocycles. The summed E-state index contributed by atoms with van der Waals surface area (Å²) in [5, 5.41) is 17.5. The number of benzene rings is 2. The van der Waals surface area contributed by atoms with E-state index >= 15 is 0 Å². The highest BCUT2D eigenvalue weighted by Gasteiger charge is 2.26. The van der Waals surface area contributed by atoms with Crippen molar-refractivity contribution in [3.8, 4) is 27.7 Å². The van der Waals surface area contributed by atoms with Crippen LogP contribution >= 0.6 is 11.3 Å². The van der Waals surface area contributed by atoms with E-state index in [1.54, 1.807) is 29.3 Å². The zero-order chi connectivity index (χ0) is 37.2. The number of amides is 1. The molecule has 1 aliphatic heterocycles. The highest BCUT2D eigenvalue weighted by Crippen LogP contribution is 2.36. The van der Waals surface area contributed by atoms with Gasteiger partial charge in [-0.05, 0) is 62.1 Å². The first-order valence-electron chi connectivity index (χ1n) is 17.7. The van der Waals surface area contributed by atoms with Crippen LogP contribution in [0.2, 0.25) is 0 Å². The number of rotatable bonds is 11. The second kappa shape index (κ2) is 15.0. The highest BCUT2D eigenvalue weighted by molar-refractivity contribution is 7.21. The summed E-state index contributed by atoms with van der Waals surface area (Å²) in [6.45, 7) is 5.78. The number of nitrogens with one attached hydrogen (secondary N) is 1. The lowest BCUT2D eigenvalue weighted by atomic mass is 9.93. The maximum absolute atomic E-state index is 13.3. The quantitative estimate of drug-likeness (QED) is 0.151. The van der Waals surface area contributed by atoms with Crippen LogP contribution in [-0.4, -0.2) is 84.7 Å². The van der Waals surface area contributed by atoms with Gasteiger partial charge in [-0.3, -0.25) is 4.79 Å². The molecule has 14 nitrogen and oxygen atoms in total. The average molecular weight is 742 g/mol. The molecule has 8 rings (SSSR count). The van der Waals surface area contributed by atoms with E-state index in [9.17, 15) is 4.79 Å². The van der Waals surface area contributed by atoms with Gasteiger partial charge in [-0.15, -0.1) is 16.4 Å². The van der Waals surface area contributed by atoms with Crippen LogP contribution in [0, 0.1) is 13.8 Å². The largest absolute Gasteiger partial charge is 0.467 e. The van der Waals surface area contributed by atoms with E-state index in [4.69, 9.17) is 9.26 Å². The molecule has 0 unspecified atom stereocenters. The Balaban J connectivity index is 0.863. The molecule has 7 aromatic rings. The SMILES string of the molecule is COc1nccc(N(C)c2ccc(C)c(-c3cn(Cc4cc(C5CCN(C(=O)CNc6nc(C)nc7sc(-c8ccccc8)cc67)CC5)no4)nn3)c2)n1. The number of carbonyl (C=O) groups excluding carboxylic acids is 1. The number of hydrogen-bond acceptors (Lipinski definition) is 13. The van der Waals surface area contributed by atoms with Crippen LogP contribution in [0.5, 0.6) is 6.01 Å². The second-order valence-corrected chi connectivity index (χ2v) is 14.3. The summed E-state index contributed by atoms with van der Waals surface area (Å²) in [7, 11) is 3.49. The first-order valence-corrected chi connectivity index (χ1v) is 18.6. The van der Waals surface area contributed by atoms with Gasteiger partial charge in [0.1, 0.15) is 34.5 Å². The number of aryl methyl sites for hydroxylation is 2. The predicted molar refractivity (Wildman–Crippen MR) is 207 cm³/mol. The van der Waals surface area contributed by atoms with Crippen molar-refractivity contribution in [1.82, 2.24) is 45.0 Å². The Hall–Kier alpha value is -6.22. The van der Waals surface area contributed by atoms with Gasteiger partial charge in [-0.25, -0.2) is 19.6 Å². The van der Waals surface area contributed by atoms with Crippen LogP contribution < -0.4 is 15.0 Å². The zero-order valence-electron chi connectivity index (χ0n) is 30.4. The number of nitrogens with zero attached hydrogens (tertiary/aromatic N) is 10. The van der Waals surface area contributed by atoms with Gasteiger partial charge in [0.15, 0.2) is 5.76 Å². The molecule has 0 spiro atoms. The summed E-state index contributed by atoms with van der Waals surface area (Å²) in [4.78, 5) is 37.0. The van der Waals surface area contributed by atoms with E-state index in [-0.39, 0.29) is 18.4 Å². The van der Waals surface area contributed by atoms with Crippen molar-refractivity contribution in [3.05, 3.63) is 102 Å². The normalized spacial score (nSPS) is 13.4. The fraction of sp³-hybridized carbons (Fsp3) is 0.282. The number of carbonyl (C=O) groups is 1. The van der Waals surface area contributed by atoms with E-state index in [2.05, 4.69) is 71.1 Å². The second-order valence-electron chi connectivity index (χ2n) is 13.3. The number of likely N-dealkylation sites (tertiary alicyclic amines) is 1. The van der Waals surface area contributed by atoms with Gasteiger partial charge in [0.2, 0.25) is 5.91 Å². The summed E-state index contributed by atoms with van der Waals surface area (Å²) >= 11 is 1.63. The zero-order valence-corrected chi connectivity index (χ0v) is 31.2. The average Bonchev–Trinajstić information content (AvgIpc) is 3.98. The first-order chi connectivity index (χ1) is 26.3. The molecule has 5 aromatic heterocycles. The van der Waals surface area contributed by atoms with Crippen LogP contribution in [-0.2, 0) is 11.3 Å². The van der Waals surface area contributed by atoms with Crippen molar-refractivity contribution in [2.24, 2.45) is 0 Å². The molecule has 6 heterocycles. The van der Waals surface area contributed by atoms with E-state index in [1.165, 1.54) is 0 Å². The fourth-order valence-corrected chi connectivity index (χ4v) is 7.78. The van der Waals surface area contributed by atoms with E-state index < -0.39 is 0 Å². The number of thiophene rings is 1. The number of hydrogen-bond donors (Lipinski definition) is 1. The third-order valence-electron chi connectivity index (χ3n) is 9.70. The highest BCUT2D eigenvalue weighted by atomic mass is 32.1. The van der Waals surface area contributed by atoms with E-state index in [1.807, 2.05) is 73.3 Å². The predicted octanol–water partition coefficient (Wildman–Crippen LogP) is 6.65. The standard InChI is InChI=1S/C39H39N11O3S/c1-24-10-11-28(48(3)35-12-15-40-39(44-35)52-4)18-30(24)33-23-50(47-45-33)22-29-19-32(46-53-29)26-13-16-49(17-14-26)36(51)21-41-37-31-20-34(27-8-6-5-7-9-27)54-38(31)43-25(2)42-37/h5-12,15,18-20,23,26H,13-14,16-17,21-22H2,1-4H3,(H,41,42,43). The smallest absolute Gasteiger partial charge is 0.318 e. The lowest BCUT2D eigenvalue weighted by molar-refractivity contribution is -0.130. The van der Waals surface area contributed by atoms with Crippen LogP contribution in [0.4, 0.5) is 17.3 Å². The minimum atomic E-state index is 0.0425. The van der Waals surface area contributed by atoms with Crippen LogP contribution in [0.15, 0.2) is 83.6 Å². The van der Waals surface area contributed by atoms with Crippen molar-refractivity contribution in [2.75, 3.05) is 44.0 Å². The maximum atomic E-state index is 13.3. The molecule has 1 N–H and O–H groups in total. The van der Waals surface area contributed by atoms with Gasteiger partial charge >= 0.3 is 6.01 Å². The lowest BCUT2D eigenvalue weighted by Gasteiger charge is -2.31. The Morgan fingerprint density at radius 2 is 1.87 bits per heavy atom. The Morgan fingerprint density at radius 3 is 2.69 bits per heavy atom. The molecular weight excluding hydrogens is 703 g/mol. The number of piperidine rings is 1. The van der Waals surface area contributed by atoms with Gasteiger partial charge in [0.25, 0.3) is 0 Å². The van der Waals surface area contributed by atoms with Crippen molar-refractivity contribution in [3.63, 3.8) is 0 Å². The lowest BCUT2D eigenvalue weighted by Crippen LogP contribution is -2.41. The van der Waals surface area contributed by atoms with Crippen molar-refractivity contribution >= 4 is 44.8 Å². The van der Waals surface area contributed by atoms with Crippen molar-refractivity contribution < 1.29 is 14.1 Å². The molecule has 15 heteroatoms. The molecule has 0 radical (unpaired) electrons. The van der Waals surface area contributed by atoms with Crippen LogP contribution in [0.3, 0.4) is 0 Å². The van der Waals surface area contributed by atoms with Gasteiger partial charge in [-0.2, -0.15) is 4.98 Å². The molecule has 0 saturated carbocycles. The van der Waals surface area contributed by atoms with Crippen molar-refractivity contribution in [2.45, 2.75) is 39.2 Å². The molecule has 0 atom stereocenters. The minimum absolute atomic E-state index is 0.0425. The molecule has 0 aliphatic carbocycles. The first kappa shape index (κ1) is 34.8. The summed E-state index contributed by atoms with van der Waals surface area (Å²) in [6.07, 6.45) is 5.19. The molecule has 1 fully saturated rings. The van der Waals surface area contributed by atoms with E-state index in [0.717, 1.165) is 61.7 Å². The van der Waals surface area contributed by atoms with Gasteiger partial charge in [0, 0.05) is 54.4 Å². The van der Waals surface area contributed by atoms with E-state index in [0.29, 0.717) is 48.9 Å². The summed E-state index contributed by atoms with van der Waals surface area (Å²) in [5.41, 5.74) is 5.76. The fourth-order valence-electron chi connectivity index (χ4n) is 6.70. The Morgan fingerprint density at radius 1 is 1.04 bits per heavy atom. The van der Waals surface area contributed by atoms with Crippen LogP contribution in [0.25, 0.3) is 31.9 Å². The third kappa shape index (κ3) is 7.35. The number of methoxy groups -OCH3 is 1. The molecule has 1 saturated heterocycles. The summed E-state index contributed by atoms with van der Waals surface area (Å²) in [6, 6.07) is 22.6. The Bertz CT molecular complexity index is 2420. The van der Waals surface area contributed by atoms with Gasteiger partial charge < -0.3 is 24.4 Å². The molecule has 274 valence electrons. The minimum Gasteiger partial charge on any atom is -0.467 e. The summed E-state index contributed by atoms with van der Waals surface area (Å²) in [5.74, 6) is 3.01. The molecule has 54 heavy (non-hydrogen) atoms. The van der Waals surface area contributed by atoms with Crippen molar-refractivity contribution in [1.29, 1.82) is 0 Å². The Labute approximate surface area is 315 Å². The third-order valence-corrected chi connectivity index (χ3v) is 10.8. The topological polar surface area (TPSA) is 153 Å². The maximum Gasteiger partial charge on any atom is 0.318 e. The van der Waals surface area contributed by atoms with Gasteiger partial charge in [0.05, 0.1) is 30.9 Å². The number of ether oxygens (including phenoxy) is 1. The monoisotopic (exact) mass is 741 g/mol. The van der Waals surface area contributed by atoms with Crippen LogP contribution in [0.1, 0.15) is 41.6 Å². The number of aromatic nitrogens is 8.